The van der Waals surface area contributed by atoms with E-state index in [0.717, 1.165) is 16.3 Å². The molecule has 0 aromatic heterocycles. The summed E-state index contributed by atoms with van der Waals surface area (Å²) < 4.78 is 0. The molecule has 0 saturated carbocycles. The molecule has 3 heteroatoms. The fourth-order valence-electron chi connectivity index (χ4n) is 4.09. The van der Waals surface area contributed by atoms with Crippen LogP contribution < -0.4 is 5.01 Å². The summed E-state index contributed by atoms with van der Waals surface area (Å²) in [6.07, 6.45) is 1.97. The van der Waals surface area contributed by atoms with Crippen molar-refractivity contribution in [3.05, 3.63) is 89.4 Å². The minimum Gasteiger partial charge on any atom is -0.263 e. The molecule has 0 saturated heterocycles. The van der Waals surface area contributed by atoms with E-state index in [9.17, 15) is 0 Å². The Balaban J connectivity index is 1.65. The first-order valence-electron chi connectivity index (χ1n) is 9.87. The van der Waals surface area contributed by atoms with Gasteiger partial charge in [-0.25, -0.2) is 0 Å². The third kappa shape index (κ3) is 3.10. The summed E-state index contributed by atoms with van der Waals surface area (Å²) in [6, 6.07) is 27.7. The summed E-state index contributed by atoms with van der Waals surface area (Å²) in [5.74, 6) is 0. The van der Waals surface area contributed by atoms with E-state index in [-0.39, 0.29) is 6.04 Å². The maximum absolute atomic E-state index is 6.05. The van der Waals surface area contributed by atoms with E-state index in [0.29, 0.717) is 0 Å². The van der Waals surface area contributed by atoms with Crippen LogP contribution in [0.1, 0.15) is 19.4 Å². The lowest BCUT2D eigenvalue weighted by Gasteiger charge is -2.23. The first-order valence-corrected chi connectivity index (χ1v) is 10.2. The lowest BCUT2D eigenvalue weighted by Crippen LogP contribution is -2.25. The average molecular weight is 397 g/mol. The first-order chi connectivity index (χ1) is 14.1. The van der Waals surface area contributed by atoms with Crippen LogP contribution in [0.3, 0.4) is 0 Å². The Morgan fingerprint density at radius 3 is 2.07 bits per heavy atom. The van der Waals surface area contributed by atoms with Gasteiger partial charge in [-0.15, -0.1) is 0 Å². The maximum Gasteiger partial charge on any atom is 0.0598 e. The quantitative estimate of drug-likeness (QED) is 0.174. The molecular weight excluding hydrogens is 376 g/mol. The molecule has 0 aliphatic rings. The molecule has 5 aromatic carbocycles. The summed E-state index contributed by atoms with van der Waals surface area (Å²) in [4.78, 5) is 0. The van der Waals surface area contributed by atoms with E-state index in [2.05, 4.69) is 68.4 Å². The molecule has 29 heavy (non-hydrogen) atoms. The number of halogens is 1. The zero-order valence-corrected chi connectivity index (χ0v) is 17.2. The summed E-state index contributed by atoms with van der Waals surface area (Å²) >= 11 is 6.05. The van der Waals surface area contributed by atoms with Gasteiger partial charge in [0.25, 0.3) is 0 Å². The zero-order chi connectivity index (χ0) is 20.0. The molecule has 0 N–H and O–H groups in total. The molecule has 0 radical (unpaired) electrons. The Morgan fingerprint density at radius 2 is 1.38 bits per heavy atom. The first kappa shape index (κ1) is 18.0. The van der Waals surface area contributed by atoms with Crippen LogP contribution in [0.2, 0.25) is 5.02 Å². The second-order valence-electron chi connectivity index (χ2n) is 7.67. The molecule has 0 heterocycles. The Bertz CT molecular complexity index is 1320. The smallest absolute Gasteiger partial charge is 0.0598 e. The van der Waals surface area contributed by atoms with Crippen molar-refractivity contribution in [3.63, 3.8) is 0 Å². The number of benzene rings is 5. The Morgan fingerprint density at radius 1 is 0.759 bits per heavy atom. The number of anilines is 1. The lowest BCUT2D eigenvalue weighted by atomic mass is 9.92. The van der Waals surface area contributed by atoms with Crippen molar-refractivity contribution in [3.8, 4) is 0 Å². The van der Waals surface area contributed by atoms with Crippen molar-refractivity contribution in [1.29, 1.82) is 0 Å². The normalized spacial score (nSPS) is 12.1. The van der Waals surface area contributed by atoms with Gasteiger partial charge >= 0.3 is 0 Å². The second kappa shape index (κ2) is 7.06. The molecule has 0 aliphatic heterocycles. The molecule has 0 spiro atoms. The van der Waals surface area contributed by atoms with Gasteiger partial charge in [0, 0.05) is 16.6 Å². The van der Waals surface area contributed by atoms with Gasteiger partial charge in [-0.1, -0.05) is 66.2 Å². The highest BCUT2D eigenvalue weighted by atomic mass is 35.5. The Labute approximate surface area is 175 Å². The van der Waals surface area contributed by atoms with Gasteiger partial charge in [-0.2, -0.15) is 5.10 Å². The van der Waals surface area contributed by atoms with Gasteiger partial charge in [0.15, 0.2) is 0 Å². The molecule has 0 bridgehead atoms. The molecule has 2 nitrogen and oxygen atoms in total. The lowest BCUT2D eigenvalue weighted by molar-refractivity contribution is 0.716. The molecule has 142 valence electrons. The third-order valence-corrected chi connectivity index (χ3v) is 5.72. The van der Waals surface area contributed by atoms with Gasteiger partial charge in [-0.05, 0) is 70.4 Å². The van der Waals surface area contributed by atoms with Crippen LogP contribution in [-0.4, -0.2) is 12.3 Å². The molecule has 0 fully saturated rings. The van der Waals surface area contributed by atoms with Crippen molar-refractivity contribution in [2.75, 3.05) is 5.01 Å². The van der Waals surface area contributed by atoms with Crippen molar-refractivity contribution in [1.82, 2.24) is 0 Å². The summed E-state index contributed by atoms with van der Waals surface area (Å²) in [7, 11) is 0. The summed E-state index contributed by atoms with van der Waals surface area (Å²) in [5.41, 5.74) is 2.15. The standard InChI is InChI=1S/C26H21ClN2/c1-17(2)29(23-13-11-22(27)12-14-23)28-16-21-9-8-20-7-6-18-4-3-5-19-10-15-24(21)26(20)25(18)19/h3-17H,1-2H3. The Kier molecular flexibility index (Phi) is 4.37. The van der Waals surface area contributed by atoms with Crippen molar-refractivity contribution >= 4 is 55.8 Å². The minimum atomic E-state index is 0.229. The van der Waals surface area contributed by atoms with Crippen LogP contribution in [-0.2, 0) is 0 Å². The van der Waals surface area contributed by atoms with Crippen LogP contribution in [0.5, 0.6) is 0 Å². The number of hydrazone groups is 1. The van der Waals surface area contributed by atoms with Gasteiger partial charge < -0.3 is 0 Å². The molecule has 5 aromatic rings. The molecule has 0 atom stereocenters. The van der Waals surface area contributed by atoms with E-state index in [1.807, 2.05) is 35.5 Å². The zero-order valence-electron chi connectivity index (χ0n) is 16.4. The summed E-state index contributed by atoms with van der Waals surface area (Å²) in [6.45, 7) is 4.27. The minimum absolute atomic E-state index is 0.229. The molecule has 0 unspecified atom stereocenters. The van der Waals surface area contributed by atoms with Crippen LogP contribution >= 0.6 is 11.6 Å². The van der Waals surface area contributed by atoms with E-state index in [1.54, 1.807) is 0 Å². The van der Waals surface area contributed by atoms with E-state index >= 15 is 0 Å². The second-order valence-corrected chi connectivity index (χ2v) is 8.11. The number of hydrogen-bond acceptors (Lipinski definition) is 2. The average Bonchev–Trinajstić information content (AvgIpc) is 2.74. The molecule has 0 aliphatic carbocycles. The monoisotopic (exact) mass is 396 g/mol. The highest BCUT2D eigenvalue weighted by Gasteiger charge is 2.12. The van der Waals surface area contributed by atoms with Crippen molar-refractivity contribution in [2.45, 2.75) is 19.9 Å². The number of hydrogen-bond donors (Lipinski definition) is 0. The summed E-state index contributed by atoms with van der Waals surface area (Å²) in [5, 5.41) is 15.3. The van der Waals surface area contributed by atoms with Crippen molar-refractivity contribution < 1.29 is 0 Å². The topological polar surface area (TPSA) is 15.6 Å². The van der Waals surface area contributed by atoms with Crippen LogP contribution in [0.25, 0.3) is 32.3 Å². The van der Waals surface area contributed by atoms with Gasteiger partial charge in [0.2, 0.25) is 0 Å². The predicted molar refractivity (Wildman–Crippen MR) is 127 cm³/mol. The van der Waals surface area contributed by atoms with E-state index < -0.39 is 0 Å². The highest BCUT2D eigenvalue weighted by molar-refractivity contribution is 6.30. The van der Waals surface area contributed by atoms with Crippen LogP contribution in [0.15, 0.2) is 84.0 Å². The fourth-order valence-corrected chi connectivity index (χ4v) is 4.21. The maximum atomic E-state index is 6.05. The van der Waals surface area contributed by atoms with Gasteiger partial charge in [-0.3, -0.25) is 5.01 Å². The predicted octanol–water partition coefficient (Wildman–Crippen LogP) is 7.49. The number of nitrogens with zero attached hydrogens (tertiary/aromatic N) is 2. The molecular formula is C26H21ClN2. The van der Waals surface area contributed by atoms with Gasteiger partial charge in [0.05, 0.1) is 11.9 Å². The molecule has 0 amide bonds. The van der Waals surface area contributed by atoms with Crippen LogP contribution in [0.4, 0.5) is 5.69 Å². The highest BCUT2D eigenvalue weighted by Crippen LogP contribution is 2.35. The van der Waals surface area contributed by atoms with E-state index in [4.69, 9.17) is 16.7 Å². The number of rotatable bonds is 4. The van der Waals surface area contributed by atoms with Crippen molar-refractivity contribution in [2.24, 2.45) is 5.10 Å². The largest absolute Gasteiger partial charge is 0.263 e. The van der Waals surface area contributed by atoms with Gasteiger partial charge in [0.1, 0.15) is 0 Å². The molecule has 5 rings (SSSR count). The van der Waals surface area contributed by atoms with E-state index in [1.165, 1.54) is 32.3 Å². The SMILES string of the molecule is CC(C)N(N=Cc1ccc2ccc3cccc4ccc1c2c34)c1ccc(Cl)cc1. The van der Waals surface area contributed by atoms with Crippen LogP contribution in [0, 0.1) is 0 Å². The fraction of sp³-hybridized carbons (Fsp3) is 0.115. The Hall–Kier alpha value is -3.10. The third-order valence-electron chi connectivity index (χ3n) is 5.46.